The van der Waals surface area contributed by atoms with Gasteiger partial charge in [0.25, 0.3) is 5.92 Å². The van der Waals surface area contributed by atoms with Crippen molar-refractivity contribution in [3.8, 4) is 0 Å². The number of halogens is 2. The molecular weight excluding hydrogens is 266 g/mol. The zero-order valence-corrected chi connectivity index (χ0v) is 11.1. The highest BCUT2D eigenvalue weighted by Crippen LogP contribution is 2.33. The third-order valence-corrected chi connectivity index (χ3v) is 3.46. The van der Waals surface area contributed by atoms with Crippen molar-refractivity contribution in [2.24, 2.45) is 5.73 Å². The van der Waals surface area contributed by atoms with E-state index in [9.17, 15) is 13.6 Å². The van der Waals surface area contributed by atoms with Gasteiger partial charge in [-0.15, -0.1) is 0 Å². The van der Waals surface area contributed by atoms with Crippen LogP contribution in [0.4, 0.5) is 8.78 Å². The fourth-order valence-corrected chi connectivity index (χ4v) is 2.34. The molecule has 20 heavy (non-hydrogen) atoms. The molecule has 6 heteroatoms. The third kappa shape index (κ3) is 3.52. The van der Waals surface area contributed by atoms with Crippen molar-refractivity contribution in [2.45, 2.75) is 25.0 Å². The zero-order chi connectivity index (χ0) is 14.6. The quantitative estimate of drug-likeness (QED) is 0.830. The molecule has 4 nitrogen and oxygen atoms in total. The maximum absolute atomic E-state index is 13.5. The molecule has 1 unspecified atom stereocenters. The summed E-state index contributed by atoms with van der Waals surface area (Å²) in [7, 11) is 0. The Morgan fingerprint density at radius 2 is 2.10 bits per heavy atom. The second kappa shape index (κ2) is 6.28. The van der Waals surface area contributed by atoms with Gasteiger partial charge < -0.3 is 10.5 Å². The number of carbonyl (C=O) groups is 1. The lowest BCUT2D eigenvalue weighted by molar-refractivity contribution is -0.147. The first kappa shape index (κ1) is 14.9. The highest BCUT2D eigenvalue weighted by atomic mass is 19.3. The van der Waals surface area contributed by atoms with E-state index in [0.717, 1.165) is 5.56 Å². The van der Waals surface area contributed by atoms with Gasteiger partial charge in [0.15, 0.2) is 0 Å². The fourth-order valence-electron chi connectivity index (χ4n) is 2.34. The van der Waals surface area contributed by atoms with Gasteiger partial charge in [0.2, 0.25) is 0 Å². The maximum atomic E-state index is 13.5. The zero-order valence-electron chi connectivity index (χ0n) is 11.1. The van der Waals surface area contributed by atoms with E-state index < -0.39 is 17.9 Å². The average molecular weight is 284 g/mol. The molecule has 1 aromatic carbocycles. The lowest BCUT2D eigenvalue weighted by atomic mass is 10.1. The number of hydrogen-bond acceptors (Lipinski definition) is 4. The van der Waals surface area contributed by atoms with Crippen molar-refractivity contribution in [1.29, 1.82) is 0 Å². The largest absolute Gasteiger partial charge is 0.460 e. The molecule has 1 heterocycles. The molecule has 1 aromatic rings. The fraction of sp³-hybridized carbons (Fsp3) is 0.500. The van der Waals surface area contributed by atoms with Crippen molar-refractivity contribution < 1.29 is 18.3 Å². The van der Waals surface area contributed by atoms with E-state index >= 15 is 0 Å². The number of rotatable bonds is 5. The van der Waals surface area contributed by atoms with E-state index in [0.29, 0.717) is 0 Å². The van der Waals surface area contributed by atoms with E-state index in [-0.39, 0.29) is 32.7 Å². The first-order chi connectivity index (χ1) is 9.53. The number of nitrogens with two attached hydrogens (primary N) is 1. The van der Waals surface area contributed by atoms with E-state index in [1.165, 1.54) is 4.90 Å². The molecule has 1 saturated heterocycles. The minimum absolute atomic E-state index is 0.149. The second-order valence-electron chi connectivity index (χ2n) is 4.88. The number of hydrogen-bond donors (Lipinski definition) is 1. The molecule has 1 aliphatic heterocycles. The standard InChI is InChI=1S/C14H18F2N2O2/c15-14(16)6-7-18(12(14)8-17)9-13(19)20-10-11-4-2-1-3-5-11/h1-5,12H,6-10,17H2. The molecule has 1 fully saturated rings. The van der Waals surface area contributed by atoms with Crippen LogP contribution >= 0.6 is 0 Å². The Balaban J connectivity index is 1.83. The summed E-state index contributed by atoms with van der Waals surface area (Å²) in [6.45, 7) is -0.00421. The predicted molar refractivity (Wildman–Crippen MR) is 70.2 cm³/mol. The topological polar surface area (TPSA) is 55.6 Å². The van der Waals surface area contributed by atoms with Crippen LogP contribution in [0, 0.1) is 0 Å². The normalized spacial score (nSPS) is 21.9. The molecular formula is C14H18F2N2O2. The molecule has 1 atom stereocenters. The third-order valence-electron chi connectivity index (χ3n) is 3.46. The van der Waals surface area contributed by atoms with Crippen molar-refractivity contribution in [2.75, 3.05) is 19.6 Å². The number of alkyl halides is 2. The van der Waals surface area contributed by atoms with E-state index in [1.54, 1.807) is 0 Å². The monoisotopic (exact) mass is 284 g/mol. The van der Waals surface area contributed by atoms with Crippen LogP contribution in [0.25, 0.3) is 0 Å². The van der Waals surface area contributed by atoms with Crippen LogP contribution in [-0.2, 0) is 16.1 Å². The Morgan fingerprint density at radius 1 is 1.40 bits per heavy atom. The van der Waals surface area contributed by atoms with Crippen molar-refractivity contribution in [3.63, 3.8) is 0 Å². The molecule has 0 spiro atoms. The summed E-state index contributed by atoms with van der Waals surface area (Å²) < 4.78 is 32.1. The molecule has 0 aliphatic carbocycles. The number of ether oxygens (including phenoxy) is 1. The van der Waals surface area contributed by atoms with Gasteiger partial charge in [-0.05, 0) is 5.56 Å². The minimum Gasteiger partial charge on any atom is -0.460 e. The molecule has 2 N–H and O–H groups in total. The highest BCUT2D eigenvalue weighted by molar-refractivity contribution is 5.71. The highest BCUT2D eigenvalue weighted by Gasteiger charge is 2.48. The van der Waals surface area contributed by atoms with Crippen LogP contribution in [0.5, 0.6) is 0 Å². The van der Waals surface area contributed by atoms with Gasteiger partial charge in [-0.1, -0.05) is 30.3 Å². The lowest BCUT2D eigenvalue weighted by Crippen LogP contribution is -2.46. The smallest absolute Gasteiger partial charge is 0.320 e. The van der Waals surface area contributed by atoms with Crippen LogP contribution in [0.15, 0.2) is 30.3 Å². The summed E-state index contributed by atoms with van der Waals surface area (Å²) in [5.41, 5.74) is 6.23. The van der Waals surface area contributed by atoms with Crippen LogP contribution < -0.4 is 5.73 Å². The number of esters is 1. The molecule has 2 rings (SSSR count). The van der Waals surface area contributed by atoms with E-state index in [4.69, 9.17) is 10.5 Å². The van der Waals surface area contributed by atoms with Gasteiger partial charge in [0.05, 0.1) is 12.6 Å². The van der Waals surface area contributed by atoms with E-state index in [2.05, 4.69) is 0 Å². The molecule has 110 valence electrons. The van der Waals surface area contributed by atoms with Crippen LogP contribution in [-0.4, -0.2) is 42.5 Å². The van der Waals surface area contributed by atoms with Crippen molar-refractivity contribution >= 4 is 5.97 Å². The van der Waals surface area contributed by atoms with Crippen molar-refractivity contribution in [1.82, 2.24) is 4.90 Å². The predicted octanol–water partition coefficient (Wildman–Crippen LogP) is 1.40. The maximum Gasteiger partial charge on any atom is 0.320 e. The minimum atomic E-state index is -2.82. The molecule has 0 amide bonds. The van der Waals surface area contributed by atoms with Gasteiger partial charge >= 0.3 is 5.97 Å². The summed E-state index contributed by atoms with van der Waals surface area (Å²) in [5.74, 6) is -3.33. The molecule has 0 saturated carbocycles. The van der Waals surface area contributed by atoms with Gasteiger partial charge in [-0.3, -0.25) is 9.69 Å². The first-order valence-electron chi connectivity index (χ1n) is 6.54. The Morgan fingerprint density at radius 3 is 2.75 bits per heavy atom. The first-order valence-corrected chi connectivity index (χ1v) is 6.54. The molecule has 0 bridgehead atoms. The number of carbonyl (C=O) groups excluding carboxylic acids is 1. The number of benzene rings is 1. The molecule has 0 aromatic heterocycles. The van der Waals surface area contributed by atoms with E-state index in [1.807, 2.05) is 30.3 Å². The summed E-state index contributed by atoms with van der Waals surface area (Å²) in [6, 6.07) is 8.14. The number of nitrogens with zero attached hydrogens (tertiary/aromatic N) is 1. The average Bonchev–Trinajstić information content (AvgIpc) is 2.72. The Hall–Kier alpha value is -1.53. The number of likely N-dealkylation sites (tertiary alicyclic amines) is 1. The summed E-state index contributed by atoms with van der Waals surface area (Å²) in [6.07, 6.45) is -0.263. The summed E-state index contributed by atoms with van der Waals surface area (Å²) in [5, 5.41) is 0. The van der Waals surface area contributed by atoms with Gasteiger partial charge in [-0.2, -0.15) is 0 Å². The SMILES string of the molecule is NCC1N(CC(=O)OCc2ccccc2)CCC1(F)F. The Labute approximate surface area is 116 Å². The van der Waals surface area contributed by atoms with Gasteiger partial charge in [0, 0.05) is 19.5 Å². The second-order valence-corrected chi connectivity index (χ2v) is 4.88. The molecule has 1 aliphatic rings. The Kier molecular flexibility index (Phi) is 4.67. The van der Waals surface area contributed by atoms with Crippen LogP contribution in [0.3, 0.4) is 0 Å². The van der Waals surface area contributed by atoms with Gasteiger partial charge in [-0.25, -0.2) is 8.78 Å². The van der Waals surface area contributed by atoms with Crippen molar-refractivity contribution in [3.05, 3.63) is 35.9 Å². The lowest BCUT2D eigenvalue weighted by Gasteiger charge is -2.25. The summed E-state index contributed by atoms with van der Waals surface area (Å²) in [4.78, 5) is 13.1. The Bertz CT molecular complexity index is 454. The summed E-state index contributed by atoms with van der Waals surface area (Å²) >= 11 is 0. The van der Waals surface area contributed by atoms with Crippen LogP contribution in [0.1, 0.15) is 12.0 Å². The van der Waals surface area contributed by atoms with Gasteiger partial charge in [0.1, 0.15) is 6.61 Å². The molecule has 0 radical (unpaired) electrons. The van der Waals surface area contributed by atoms with Crippen LogP contribution in [0.2, 0.25) is 0 Å².